The van der Waals surface area contributed by atoms with E-state index in [-0.39, 0.29) is 11.8 Å². The molecule has 1 rings (SSSR count). The second kappa shape index (κ2) is 3.54. The van der Waals surface area contributed by atoms with Gasteiger partial charge in [-0.25, -0.2) is 4.39 Å². The first-order valence-corrected chi connectivity index (χ1v) is 3.89. The highest BCUT2D eigenvalue weighted by Crippen LogP contribution is 2.20. The Balaban J connectivity index is 2.96. The van der Waals surface area contributed by atoms with Crippen LogP contribution in [-0.2, 0) is 0 Å². The van der Waals surface area contributed by atoms with Crippen molar-refractivity contribution in [3.8, 4) is 5.75 Å². The molecule has 0 radical (unpaired) electrons. The van der Waals surface area contributed by atoms with E-state index in [4.69, 9.17) is 10.8 Å². The molecule has 0 saturated heterocycles. The van der Waals surface area contributed by atoms with Gasteiger partial charge in [-0.3, -0.25) is 0 Å². The number of nitrogens with two attached hydrogens (primary N) is 1. The van der Waals surface area contributed by atoms with E-state index < -0.39 is 5.82 Å². The van der Waals surface area contributed by atoms with Crippen LogP contribution in [-0.4, -0.2) is 5.11 Å². The third kappa shape index (κ3) is 1.74. The predicted octanol–water partition coefficient (Wildman–Crippen LogP) is 1.94. The van der Waals surface area contributed by atoms with Crippen molar-refractivity contribution in [3.63, 3.8) is 0 Å². The standard InChI is InChI=1S/C9H12FNO/c1-2-8(11)6-3-4-9(12)7(10)5-6/h3-5,8,12H,2,11H2,1H3. The van der Waals surface area contributed by atoms with Crippen molar-refractivity contribution in [2.24, 2.45) is 5.73 Å². The van der Waals surface area contributed by atoms with Crippen LogP contribution in [0.15, 0.2) is 18.2 Å². The highest BCUT2D eigenvalue weighted by molar-refractivity contribution is 5.29. The van der Waals surface area contributed by atoms with Gasteiger partial charge in [-0.1, -0.05) is 13.0 Å². The van der Waals surface area contributed by atoms with Crippen LogP contribution in [0.4, 0.5) is 4.39 Å². The summed E-state index contributed by atoms with van der Waals surface area (Å²) in [6.45, 7) is 1.93. The molecule has 3 N–H and O–H groups in total. The predicted molar refractivity (Wildman–Crippen MR) is 45.3 cm³/mol. The molecule has 0 spiro atoms. The van der Waals surface area contributed by atoms with Crippen molar-refractivity contribution in [2.75, 3.05) is 0 Å². The smallest absolute Gasteiger partial charge is 0.165 e. The Kier molecular flexibility index (Phi) is 2.65. The number of hydrogen-bond acceptors (Lipinski definition) is 2. The van der Waals surface area contributed by atoms with Crippen molar-refractivity contribution in [3.05, 3.63) is 29.6 Å². The van der Waals surface area contributed by atoms with Gasteiger partial charge in [0, 0.05) is 6.04 Å². The van der Waals surface area contributed by atoms with Gasteiger partial charge in [-0.05, 0) is 24.1 Å². The summed E-state index contributed by atoms with van der Waals surface area (Å²) in [5, 5.41) is 8.88. The fraction of sp³-hybridized carbons (Fsp3) is 0.333. The van der Waals surface area contributed by atoms with E-state index in [9.17, 15) is 4.39 Å². The number of benzene rings is 1. The van der Waals surface area contributed by atoms with Crippen molar-refractivity contribution < 1.29 is 9.50 Å². The van der Waals surface area contributed by atoms with Crippen LogP contribution in [0, 0.1) is 5.82 Å². The van der Waals surface area contributed by atoms with Crippen LogP contribution in [0.2, 0.25) is 0 Å². The molecule has 0 aromatic heterocycles. The molecular weight excluding hydrogens is 157 g/mol. The highest BCUT2D eigenvalue weighted by atomic mass is 19.1. The molecule has 12 heavy (non-hydrogen) atoms. The summed E-state index contributed by atoms with van der Waals surface area (Å²) >= 11 is 0. The zero-order valence-electron chi connectivity index (χ0n) is 6.92. The van der Waals surface area contributed by atoms with Gasteiger partial charge < -0.3 is 10.8 Å². The van der Waals surface area contributed by atoms with E-state index in [1.165, 1.54) is 12.1 Å². The van der Waals surface area contributed by atoms with E-state index in [1.807, 2.05) is 6.92 Å². The van der Waals surface area contributed by atoms with Crippen LogP contribution in [0.3, 0.4) is 0 Å². The van der Waals surface area contributed by atoms with Crippen molar-refractivity contribution >= 4 is 0 Å². The Morgan fingerprint density at radius 1 is 1.58 bits per heavy atom. The minimum atomic E-state index is -0.614. The molecule has 1 aromatic carbocycles. The SMILES string of the molecule is CCC(N)c1ccc(O)c(F)c1. The second-order valence-corrected chi connectivity index (χ2v) is 2.73. The third-order valence-corrected chi connectivity index (χ3v) is 1.84. The van der Waals surface area contributed by atoms with Gasteiger partial charge in [0.2, 0.25) is 0 Å². The lowest BCUT2D eigenvalue weighted by Gasteiger charge is -2.08. The highest BCUT2D eigenvalue weighted by Gasteiger charge is 2.06. The molecule has 66 valence electrons. The molecule has 3 heteroatoms. The molecular formula is C9H12FNO. The van der Waals surface area contributed by atoms with Gasteiger partial charge in [-0.15, -0.1) is 0 Å². The average molecular weight is 169 g/mol. The summed E-state index contributed by atoms with van der Waals surface area (Å²) in [7, 11) is 0. The van der Waals surface area contributed by atoms with Gasteiger partial charge in [0.15, 0.2) is 11.6 Å². The molecule has 1 atom stereocenters. The summed E-state index contributed by atoms with van der Waals surface area (Å²) in [5.41, 5.74) is 6.38. The van der Waals surface area contributed by atoms with Gasteiger partial charge in [0.25, 0.3) is 0 Å². The molecule has 1 aromatic rings. The second-order valence-electron chi connectivity index (χ2n) is 2.73. The van der Waals surface area contributed by atoms with Crippen LogP contribution >= 0.6 is 0 Å². The number of halogens is 1. The zero-order valence-corrected chi connectivity index (χ0v) is 6.92. The molecule has 0 bridgehead atoms. The summed E-state index contributed by atoms with van der Waals surface area (Å²) in [5.74, 6) is -0.946. The maximum absolute atomic E-state index is 12.8. The van der Waals surface area contributed by atoms with Crippen molar-refractivity contribution in [2.45, 2.75) is 19.4 Å². The van der Waals surface area contributed by atoms with Gasteiger partial charge in [0.05, 0.1) is 0 Å². The topological polar surface area (TPSA) is 46.2 Å². The van der Waals surface area contributed by atoms with Gasteiger partial charge >= 0.3 is 0 Å². The number of aromatic hydroxyl groups is 1. The summed E-state index contributed by atoms with van der Waals surface area (Å²) < 4.78 is 12.8. The molecule has 0 heterocycles. The first-order chi connectivity index (χ1) is 5.65. The van der Waals surface area contributed by atoms with Gasteiger partial charge in [-0.2, -0.15) is 0 Å². The summed E-state index contributed by atoms with van der Waals surface area (Å²) in [6.07, 6.45) is 0.754. The first kappa shape index (κ1) is 9.00. The zero-order chi connectivity index (χ0) is 9.14. The normalized spacial score (nSPS) is 12.9. The fourth-order valence-corrected chi connectivity index (χ4v) is 0.989. The van der Waals surface area contributed by atoms with E-state index in [2.05, 4.69) is 0 Å². The molecule has 0 amide bonds. The van der Waals surface area contributed by atoms with Crippen LogP contribution in [0.5, 0.6) is 5.75 Å². The molecule has 2 nitrogen and oxygen atoms in total. The van der Waals surface area contributed by atoms with Crippen molar-refractivity contribution in [1.29, 1.82) is 0 Å². The lowest BCUT2D eigenvalue weighted by molar-refractivity contribution is 0.431. The van der Waals surface area contributed by atoms with E-state index in [0.29, 0.717) is 5.56 Å². The average Bonchev–Trinajstić information content (AvgIpc) is 2.08. The van der Waals surface area contributed by atoms with Crippen LogP contribution < -0.4 is 5.73 Å². The van der Waals surface area contributed by atoms with Crippen LogP contribution in [0.1, 0.15) is 24.9 Å². The van der Waals surface area contributed by atoms with Gasteiger partial charge in [0.1, 0.15) is 0 Å². The molecule has 0 aliphatic rings. The molecule has 0 aliphatic heterocycles. The summed E-state index contributed by atoms with van der Waals surface area (Å²) in [4.78, 5) is 0. The maximum atomic E-state index is 12.8. The fourth-order valence-electron chi connectivity index (χ4n) is 0.989. The molecule has 0 aliphatic carbocycles. The lowest BCUT2D eigenvalue weighted by atomic mass is 10.1. The number of hydrogen-bond donors (Lipinski definition) is 2. The summed E-state index contributed by atoms with van der Waals surface area (Å²) in [6, 6.07) is 4.07. The Hall–Kier alpha value is -1.09. The number of rotatable bonds is 2. The maximum Gasteiger partial charge on any atom is 0.165 e. The lowest BCUT2D eigenvalue weighted by Crippen LogP contribution is -2.08. The Morgan fingerprint density at radius 3 is 2.75 bits per heavy atom. The third-order valence-electron chi connectivity index (χ3n) is 1.84. The monoisotopic (exact) mass is 169 g/mol. The number of phenolic OH excluding ortho intramolecular Hbond substituents is 1. The molecule has 0 fully saturated rings. The minimum Gasteiger partial charge on any atom is -0.505 e. The molecule has 0 saturated carbocycles. The largest absolute Gasteiger partial charge is 0.505 e. The first-order valence-electron chi connectivity index (χ1n) is 3.89. The molecule has 1 unspecified atom stereocenters. The van der Waals surface area contributed by atoms with E-state index >= 15 is 0 Å². The van der Waals surface area contributed by atoms with Crippen molar-refractivity contribution in [1.82, 2.24) is 0 Å². The Labute approximate surface area is 70.8 Å². The van der Waals surface area contributed by atoms with E-state index in [0.717, 1.165) is 6.42 Å². The number of phenols is 1. The Bertz CT molecular complexity index is 275. The minimum absolute atomic E-state index is 0.153. The Morgan fingerprint density at radius 2 is 2.25 bits per heavy atom. The van der Waals surface area contributed by atoms with E-state index in [1.54, 1.807) is 6.07 Å². The van der Waals surface area contributed by atoms with Crippen LogP contribution in [0.25, 0.3) is 0 Å². The quantitative estimate of drug-likeness (QED) is 0.710.